The lowest BCUT2D eigenvalue weighted by molar-refractivity contribution is -0.124. The topological polar surface area (TPSA) is 82.7 Å². The molecular formula is C27H44N4O3. The van der Waals surface area contributed by atoms with E-state index in [4.69, 9.17) is 4.74 Å². The molecule has 0 aromatic rings. The number of ether oxygens (including phenoxy) is 1. The van der Waals surface area contributed by atoms with Crippen LogP contribution in [0, 0.1) is 28.1 Å². The Hall–Kier alpha value is -1.60. The molecule has 34 heavy (non-hydrogen) atoms. The average molecular weight is 473 g/mol. The van der Waals surface area contributed by atoms with Crippen molar-refractivity contribution in [1.82, 2.24) is 21.1 Å². The zero-order valence-corrected chi connectivity index (χ0v) is 21.8. The maximum atomic E-state index is 13.6. The number of hydrogen-bond donors (Lipinski definition) is 3. The number of allylic oxidation sites excluding steroid dienone is 1. The molecule has 3 unspecified atom stereocenters. The van der Waals surface area contributed by atoms with E-state index in [1.165, 1.54) is 32.1 Å². The summed E-state index contributed by atoms with van der Waals surface area (Å²) in [5, 5.41) is 3.71. The van der Waals surface area contributed by atoms with Crippen LogP contribution >= 0.6 is 0 Å². The number of ketones is 1. The first-order chi connectivity index (χ1) is 16.0. The molecule has 1 saturated carbocycles. The maximum Gasteiger partial charge on any atom is 0.409 e. The summed E-state index contributed by atoms with van der Waals surface area (Å²) in [7, 11) is 0. The summed E-state index contributed by atoms with van der Waals surface area (Å²) in [6.07, 6.45) is 8.43. The lowest BCUT2D eigenvalue weighted by Gasteiger charge is -2.59. The highest BCUT2D eigenvalue weighted by molar-refractivity contribution is 5.99. The van der Waals surface area contributed by atoms with Crippen LogP contribution < -0.4 is 16.2 Å². The summed E-state index contributed by atoms with van der Waals surface area (Å²) in [5.74, 6) is 0.971. The molecule has 3 fully saturated rings. The Labute approximate surface area is 204 Å². The minimum atomic E-state index is -0.310. The van der Waals surface area contributed by atoms with Gasteiger partial charge in [0.1, 0.15) is 0 Å². The Balaban J connectivity index is 1.38. The van der Waals surface area contributed by atoms with Crippen molar-refractivity contribution in [2.75, 3.05) is 19.7 Å². The van der Waals surface area contributed by atoms with Crippen molar-refractivity contribution < 1.29 is 14.3 Å². The molecule has 7 nitrogen and oxygen atoms in total. The van der Waals surface area contributed by atoms with Gasteiger partial charge >= 0.3 is 6.09 Å². The van der Waals surface area contributed by atoms with E-state index in [1.807, 2.05) is 4.90 Å². The number of Topliss-reactive ketones (excluding diaryl/α,β-unsaturated/α-hetero) is 1. The molecule has 0 aromatic carbocycles. The summed E-state index contributed by atoms with van der Waals surface area (Å²) in [6, 6.07) is 0.231. The first-order valence-electron chi connectivity index (χ1n) is 13.4. The molecule has 0 aromatic heterocycles. The summed E-state index contributed by atoms with van der Waals surface area (Å²) in [5.41, 5.74) is 8.91. The van der Waals surface area contributed by atoms with Crippen LogP contribution in [-0.2, 0) is 9.53 Å². The fraction of sp³-hybridized carbons (Fsp3) is 0.852. The van der Waals surface area contributed by atoms with Crippen molar-refractivity contribution in [3.05, 3.63) is 11.3 Å². The average Bonchev–Trinajstić information content (AvgIpc) is 3.09. The number of carbonyl (C=O) groups is 2. The molecule has 1 amide bonds. The molecule has 1 spiro atoms. The van der Waals surface area contributed by atoms with E-state index < -0.39 is 0 Å². The van der Waals surface area contributed by atoms with E-state index in [9.17, 15) is 9.59 Å². The molecular weight excluding hydrogens is 428 g/mol. The Morgan fingerprint density at radius 1 is 1.09 bits per heavy atom. The van der Waals surface area contributed by atoms with Gasteiger partial charge in [0, 0.05) is 48.2 Å². The van der Waals surface area contributed by atoms with E-state index in [2.05, 4.69) is 50.8 Å². The molecule has 3 aliphatic heterocycles. The van der Waals surface area contributed by atoms with Crippen LogP contribution in [0.1, 0.15) is 86.0 Å². The summed E-state index contributed by atoms with van der Waals surface area (Å²) >= 11 is 0. The lowest BCUT2D eigenvalue weighted by Crippen LogP contribution is -2.70. The first-order valence-corrected chi connectivity index (χ1v) is 13.4. The highest BCUT2D eigenvalue weighted by Crippen LogP contribution is 2.56. The van der Waals surface area contributed by atoms with E-state index in [-0.39, 0.29) is 46.2 Å². The number of rotatable bonds is 3. The van der Waals surface area contributed by atoms with Gasteiger partial charge in [-0.25, -0.2) is 10.2 Å². The molecule has 190 valence electrons. The number of amides is 1. The molecule has 3 N–H and O–H groups in total. The quantitative estimate of drug-likeness (QED) is 0.574. The second kappa shape index (κ2) is 8.51. The van der Waals surface area contributed by atoms with Gasteiger partial charge in [0.25, 0.3) is 0 Å². The number of fused-ring (bicyclic) bond motifs is 3. The van der Waals surface area contributed by atoms with Gasteiger partial charge in [0.15, 0.2) is 5.78 Å². The normalized spacial score (nSPS) is 32.7. The fourth-order valence-corrected chi connectivity index (χ4v) is 7.42. The number of nitrogens with one attached hydrogen (secondary N) is 3. The number of carbonyl (C=O) groups excluding carboxylic acids is 2. The minimum absolute atomic E-state index is 0.0455. The molecule has 5 rings (SSSR count). The maximum absolute atomic E-state index is 13.6. The highest BCUT2D eigenvalue weighted by Gasteiger charge is 2.64. The second-order valence-corrected chi connectivity index (χ2v) is 13.7. The Bertz CT molecular complexity index is 862. The van der Waals surface area contributed by atoms with Gasteiger partial charge in [0.2, 0.25) is 0 Å². The van der Waals surface area contributed by atoms with Crippen LogP contribution in [0.3, 0.4) is 0 Å². The Morgan fingerprint density at radius 2 is 1.79 bits per heavy atom. The van der Waals surface area contributed by atoms with Crippen molar-refractivity contribution in [3.8, 4) is 0 Å². The number of likely N-dealkylation sites (tertiary alicyclic amines) is 1. The van der Waals surface area contributed by atoms with Gasteiger partial charge in [-0.05, 0) is 42.4 Å². The van der Waals surface area contributed by atoms with E-state index in [0.29, 0.717) is 32.0 Å². The molecule has 2 aliphatic carbocycles. The van der Waals surface area contributed by atoms with E-state index >= 15 is 0 Å². The summed E-state index contributed by atoms with van der Waals surface area (Å²) < 4.78 is 5.77. The number of hydrogen-bond acceptors (Lipinski definition) is 6. The third kappa shape index (κ3) is 4.39. The predicted octanol–water partition coefficient (Wildman–Crippen LogP) is 4.11. The molecule has 5 aliphatic rings. The van der Waals surface area contributed by atoms with Crippen LogP contribution in [0.25, 0.3) is 0 Å². The zero-order valence-electron chi connectivity index (χ0n) is 21.8. The molecule has 3 atom stereocenters. The standard InChI is InChI=1S/C27H44N4O3/c1-25(2,3)11-19-22-23(30-29-19)28-18-12-26(4,5)13-20(32)21(18)27(22)15-31(16-27)24(33)34-14-17-9-7-6-8-10-17/h17,19,22-23,28-30H,6-16H2,1-5H3. The molecule has 0 bridgehead atoms. The largest absolute Gasteiger partial charge is 0.449 e. The summed E-state index contributed by atoms with van der Waals surface area (Å²) in [4.78, 5) is 28.4. The van der Waals surface area contributed by atoms with Crippen LogP contribution in [-0.4, -0.2) is 48.7 Å². The van der Waals surface area contributed by atoms with Gasteiger partial charge in [-0.1, -0.05) is 53.9 Å². The van der Waals surface area contributed by atoms with Crippen LogP contribution in [0.15, 0.2) is 11.3 Å². The van der Waals surface area contributed by atoms with Crippen molar-refractivity contribution in [2.45, 2.75) is 98.2 Å². The Morgan fingerprint density at radius 3 is 2.47 bits per heavy atom. The van der Waals surface area contributed by atoms with Gasteiger partial charge in [-0.2, -0.15) is 0 Å². The first kappa shape index (κ1) is 24.1. The third-order valence-corrected chi connectivity index (χ3v) is 8.76. The Kier molecular flexibility index (Phi) is 6.03. The van der Waals surface area contributed by atoms with Crippen LogP contribution in [0.4, 0.5) is 4.79 Å². The molecule has 2 saturated heterocycles. The van der Waals surface area contributed by atoms with Gasteiger partial charge < -0.3 is 15.0 Å². The van der Waals surface area contributed by atoms with Gasteiger partial charge in [-0.3, -0.25) is 10.2 Å². The van der Waals surface area contributed by atoms with Crippen molar-refractivity contribution >= 4 is 11.9 Å². The minimum Gasteiger partial charge on any atom is -0.449 e. The van der Waals surface area contributed by atoms with Gasteiger partial charge in [0.05, 0.1) is 12.8 Å². The van der Waals surface area contributed by atoms with E-state index in [1.54, 1.807) is 0 Å². The predicted molar refractivity (Wildman–Crippen MR) is 132 cm³/mol. The lowest BCUT2D eigenvalue weighted by atomic mass is 9.55. The number of hydrazine groups is 1. The van der Waals surface area contributed by atoms with E-state index in [0.717, 1.165) is 24.1 Å². The zero-order chi connectivity index (χ0) is 24.3. The molecule has 0 radical (unpaired) electrons. The third-order valence-electron chi connectivity index (χ3n) is 8.76. The highest BCUT2D eigenvalue weighted by atomic mass is 16.6. The monoisotopic (exact) mass is 472 g/mol. The van der Waals surface area contributed by atoms with Gasteiger partial charge in [-0.15, -0.1) is 0 Å². The summed E-state index contributed by atoms with van der Waals surface area (Å²) in [6.45, 7) is 12.8. The smallest absolute Gasteiger partial charge is 0.409 e. The second-order valence-electron chi connectivity index (χ2n) is 13.7. The van der Waals surface area contributed by atoms with Crippen molar-refractivity contribution in [1.29, 1.82) is 0 Å². The molecule has 3 heterocycles. The van der Waals surface area contributed by atoms with Crippen molar-refractivity contribution in [3.63, 3.8) is 0 Å². The van der Waals surface area contributed by atoms with Crippen LogP contribution in [0.2, 0.25) is 0 Å². The number of nitrogens with zero attached hydrogens (tertiary/aromatic N) is 1. The van der Waals surface area contributed by atoms with Crippen molar-refractivity contribution in [2.24, 2.45) is 28.1 Å². The van der Waals surface area contributed by atoms with Crippen LogP contribution in [0.5, 0.6) is 0 Å². The fourth-order valence-electron chi connectivity index (χ4n) is 7.42. The molecule has 7 heteroatoms. The SMILES string of the molecule is CC(C)(C)CC1NNC2NC3=C(C(=O)CC(C)(C)C3)C3(CN(C(=O)OCC4CCCCC4)C3)C12.